The van der Waals surface area contributed by atoms with Crippen LogP contribution in [0.25, 0.3) is 0 Å². The van der Waals surface area contributed by atoms with Gasteiger partial charge < -0.3 is 11.1 Å². The zero-order valence-corrected chi connectivity index (χ0v) is 11.4. The van der Waals surface area contributed by atoms with Crippen molar-refractivity contribution in [2.75, 3.05) is 11.6 Å². The fraction of sp³-hybridized carbons (Fsp3) is 0.462. The normalized spacial score (nSPS) is 12.5. The van der Waals surface area contributed by atoms with Gasteiger partial charge in [0, 0.05) is 17.4 Å². The molecule has 1 unspecified atom stereocenters. The summed E-state index contributed by atoms with van der Waals surface area (Å²) in [6.07, 6.45) is 2.35. The molecule has 0 aliphatic rings. The summed E-state index contributed by atoms with van der Waals surface area (Å²) in [4.78, 5) is 12.9. The molecule has 1 rings (SSSR count). The van der Waals surface area contributed by atoms with Crippen molar-refractivity contribution in [1.29, 1.82) is 0 Å². The number of amides is 1. The lowest BCUT2D eigenvalue weighted by Crippen LogP contribution is -2.31. The van der Waals surface area contributed by atoms with Crippen LogP contribution in [0.5, 0.6) is 0 Å². The van der Waals surface area contributed by atoms with Gasteiger partial charge in [0.2, 0.25) is 5.91 Å². The van der Waals surface area contributed by atoms with Crippen molar-refractivity contribution < 1.29 is 4.79 Å². The Hall–Kier alpha value is -1.00. The van der Waals surface area contributed by atoms with Crippen LogP contribution in [-0.4, -0.2) is 18.2 Å². The highest BCUT2D eigenvalue weighted by atomic mass is 32.2. The summed E-state index contributed by atoms with van der Waals surface area (Å²) in [6, 6.07) is 7.68. The largest absolute Gasteiger partial charge is 0.327 e. The van der Waals surface area contributed by atoms with Gasteiger partial charge in [0.25, 0.3) is 0 Å². The molecule has 17 heavy (non-hydrogen) atoms. The highest BCUT2D eigenvalue weighted by Crippen LogP contribution is 2.24. The Labute approximate surface area is 107 Å². The molecule has 0 spiro atoms. The van der Waals surface area contributed by atoms with E-state index < -0.39 is 0 Å². The van der Waals surface area contributed by atoms with Crippen molar-refractivity contribution in [3.05, 3.63) is 24.3 Å². The molecule has 3 N–H and O–H groups in total. The number of carbonyl (C=O) groups is 1. The van der Waals surface area contributed by atoms with Crippen molar-refractivity contribution in [1.82, 2.24) is 0 Å². The van der Waals surface area contributed by atoms with Gasteiger partial charge in [0.15, 0.2) is 0 Å². The molecule has 4 heteroatoms. The summed E-state index contributed by atoms with van der Waals surface area (Å²) >= 11 is 1.62. The summed E-state index contributed by atoms with van der Waals surface area (Å²) in [5, 5.41) is 2.91. The molecule has 1 aromatic carbocycles. The van der Waals surface area contributed by atoms with E-state index in [9.17, 15) is 4.79 Å². The van der Waals surface area contributed by atoms with Crippen molar-refractivity contribution in [2.24, 2.45) is 11.7 Å². The first kappa shape index (κ1) is 14.1. The Morgan fingerprint density at radius 1 is 1.41 bits per heavy atom. The summed E-state index contributed by atoms with van der Waals surface area (Å²) in [5.74, 6) is 0.296. The lowest BCUT2D eigenvalue weighted by Gasteiger charge is -2.15. The maximum absolute atomic E-state index is 11.8. The molecule has 0 aliphatic carbocycles. The number of hydrogen-bond acceptors (Lipinski definition) is 3. The molecule has 1 aromatic rings. The number of nitrogens with one attached hydrogen (secondary N) is 1. The Balaban J connectivity index is 2.62. The average Bonchev–Trinajstić information content (AvgIpc) is 2.29. The topological polar surface area (TPSA) is 55.1 Å². The van der Waals surface area contributed by atoms with E-state index in [1.54, 1.807) is 11.8 Å². The lowest BCUT2D eigenvalue weighted by atomic mass is 10.0. The SMILES string of the molecule is CSc1ccccc1NC(=O)CC(N)C(C)C. The molecule has 0 aliphatic heterocycles. The molecule has 1 amide bonds. The Kier molecular flexibility index (Phi) is 5.51. The monoisotopic (exact) mass is 252 g/mol. The van der Waals surface area contributed by atoms with Gasteiger partial charge >= 0.3 is 0 Å². The summed E-state index contributed by atoms with van der Waals surface area (Å²) in [6.45, 7) is 4.04. The third-order valence-corrected chi connectivity index (χ3v) is 3.45. The molecule has 0 saturated carbocycles. The number of hydrogen-bond donors (Lipinski definition) is 2. The number of benzene rings is 1. The van der Waals surface area contributed by atoms with Crippen LogP contribution >= 0.6 is 11.8 Å². The van der Waals surface area contributed by atoms with Crippen LogP contribution < -0.4 is 11.1 Å². The third kappa shape index (κ3) is 4.40. The number of rotatable bonds is 5. The van der Waals surface area contributed by atoms with Crippen LogP contribution in [-0.2, 0) is 4.79 Å². The molecule has 0 bridgehead atoms. The van der Waals surface area contributed by atoms with Crippen molar-refractivity contribution in [3.8, 4) is 0 Å². The number of para-hydroxylation sites is 1. The molecule has 3 nitrogen and oxygen atoms in total. The first-order chi connectivity index (χ1) is 8.04. The minimum Gasteiger partial charge on any atom is -0.327 e. The Bertz CT molecular complexity index is 379. The minimum absolute atomic E-state index is 0.0206. The van der Waals surface area contributed by atoms with Gasteiger partial charge in [-0.2, -0.15) is 0 Å². The molecule has 0 saturated heterocycles. The molecule has 94 valence electrons. The van der Waals surface area contributed by atoms with E-state index in [0.29, 0.717) is 12.3 Å². The molecular formula is C13H20N2OS. The average molecular weight is 252 g/mol. The van der Waals surface area contributed by atoms with Gasteiger partial charge in [-0.1, -0.05) is 26.0 Å². The maximum atomic E-state index is 11.8. The van der Waals surface area contributed by atoms with Crippen LogP contribution in [0.3, 0.4) is 0 Å². The quantitative estimate of drug-likeness (QED) is 0.792. The predicted octanol–water partition coefficient (Wildman–Crippen LogP) is 2.72. The first-order valence-electron chi connectivity index (χ1n) is 5.73. The molecule has 0 aromatic heterocycles. The Morgan fingerprint density at radius 2 is 2.06 bits per heavy atom. The van der Waals surface area contributed by atoms with Crippen molar-refractivity contribution >= 4 is 23.4 Å². The van der Waals surface area contributed by atoms with E-state index in [1.807, 2.05) is 44.4 Å². The van der Waals surface area contributed by atoms with Gasteiger partial charge in [-0.25, -0.2) is 0 Å². The fourth-order valence-electron chi connectivity index (χ4n) is 1.40. The van der Waals surface area contributed by atoms with E-state index in [4.69, 9.17) is 5.73 Å². The van der Waals surface area contributed by atoms with Gasteiger partial charge in [-0.15, -0.1) is 11.8 Å². The van der Waals surface area contributed by atoms with Gasteiger partial charge in [0.1, 0.15) is 0 Å². The number of anilines is 1. The number of carbonyl (C=O) groups excluding carboxylic acids is 1. The Morgan fingerprint density at radius 3 is 2.65 bits per heavy atom. The van der Waals surface area contributed by atoms with E-state index in [0.717, 1.165) is 10.6 Å². The second kappa shape index (κ2) is 6.67. The van der Waals surface area contributed by atoms with Gasteiger partial charge in [0.05, 0.1) is 5.69 Å². The second-order valence-corrected chi connectivity index (χ2v) is 5.21. The van der Waals surface area contributed by atoms with Gasteiger partial charge in [-0.3, -0.25) is 4.79 Å². The standard InChI is InChI=1S/C13H20N2OS/c1-9(2)10(14)8-13(16)15-11-6-4-5-7-12(11)17-3/h4-7,9-10H,8,14H2,1-3H3,(H,15,16). The third-order valence-electron chi connectivity index (χ3n) is 2.66. The van der Waals surface area contributed by atoms with E-state index >= 15 is 0 Å². The zero-order chi connectivity index (χ0) is 12.8. The highest BCUT2D eigenvalue weighted by Gasteiger charge is 2.13. The molecule has 0 heterocycles. The minimum atomic E-state index is -0.0866. The molecular weight excluding hydrogens is 232 g/mol. The van der Waals surface area contributed by atoms with E-state index in [-0.39, 0.29) is 11.9 Å². The molecule has 1 atom stereocenters. The molecule has 0 fully saturated rings. The van der Waals surface area contributed by atoms with Crippen molar-refractivity contribution in [3.63, 3.8) is 0 Å². The van der Waals surface area contributed by atoms with Crippen LogP contribution in [0.4, 0.5) is 5.69 Å². The second-order valence-electron chi connectivity index (χ2n) is 4.36. The zero-order valence-electron chi connectivity index (χ0n) is 10.6. The number of nitrogens with two attached hydrogens (primary N) is 1. The predicted molar refractivity (Wildman–Crippen MR) is 74.3 cm³/mol. The van der Waals surface area contributed by atoms with Crippen LogP contribution in [0.15, 0.2) is 29.2 Å². The van der Waals surface area contributed by atoms with E-state index in [1.165, 1.54) is 0 Å². The summed E-state index contributed by atoms with van der Waals surface area (Å²) in [7, 11) is 0. The van der Waals surface area contributed by atoms with Crippen molar-refractivity contribution in [2.45, 2.75) is 31.2 Å². The highest BCUT2D eigenvalue weighted by molar-refractivity contribution is 7.98. The maximum Gasteiger partial charge on any atom is 0.225 e. The van der Waals surface area contributed by atoms with Crippen LogP contribution in [0.1, 0.15) is 20.3 Å². The van der Waals surface area contributed by atoms with Crippen LogP contribution in [0, 0.1) is 5.92 Å². The smallest absolute Gasteiger partial charge is 0.225 e. The van der Waals surface area contributed by atoms with Gasteiger partial charge in [-0.05, 0) is 24.3 Å². The first-order valence-corrected chi connectivity index (χ1v) is 6.95. The fourth-order valence-corrected chi connectivity index (χ4v) is 1.95. The summed E-state index contributed by atoms with van der Waals surface area (Å²) in [5.41, 5.74) is 6.74. The van der Waals surface area contributed by atoms with E-state index in [2.05, 4.69) is 5.32 Å². The molecule has 0 radical (unpaired) electrons. The number of thioether (sulfide) groups is 1. The lowest BCUT2D eigenvalue weighted by molar-refractivity contribution is -0.116. The summed E-state index contributed by atoms with van der Waals surface area (Å²) < 4.78 is 0. The van der Waals surface area contributed by atoms with Crippen LogP contribution in [0.2, 0.25) is 0 Å².